The first-order chi connectivity index (χ1) is 7.74. The first-order valence-electron chi connectivity index (χ1n) is 5.14. The maximum Gasteiger partial charge on any atom is 0.185 e. The van der Waals surface area contributed by atoms with Crippen LogP contribution in [0, 0.1) is 5.82 Å². The highest BCUT2D eigenvalue weighted by atomic mass is 19.1. The van der Waals surface area contributed by atoms with Gasteiger partial charge in [0.1, 0.15) is 12.1 Å². The van der Waals surface area contributed by atoms with E-state index in [9.17, 15) is 14.0 Å². The molecule has 84 valence electrons. The summed E-state index contributed by atoms with van der Waals surface area (Å²) in [6.07, 6.45) is 6.00. The van der Waals surface area contributed by atoms with Crippen molar-refractivity contribution >= 4 is 12.1 Å². The van der Waals surface area contributed by atoms with Crippen LogP contribution in [0.3, 0.4) is 0 Å². The average molecular weight is 220 g/mol. The number of carbonyl (C=O) groups is 2. The van der Waals surface area contributed by atoms with Crippen LogP contribution in [0.1, 0.15) is 29.6 Å². The fourth-order valence-corrected chi connectivity index (χ4v) is 1.22. The minimum absolute atomic E-state index is 0.147. The molecular weight excluding hydrogens is 207 g/mol. The number of hydrogen-bond acceptors (Lipinski definition) is 2. The van der Waals surface area contributed by atoms with E-state index in [2.05, 4.69) is 0 Å². The second-order valence-corrected chi connectivity index (χ2v) is 3.37. The molecule has 1 aromatic carbocycles. The number of hydrogen-bond donors (Lipinski definition) is 0. The monoisotopic (exact) mass is 220 g/mol. The van der Waals surface area contributed by atoms with Gasteiger partial charge in [0.05, 0.1) is 0 Å². The van der Waals surface area contributed by atoms with E-state index in [1.165, 1.54) is 30.3 Å². The lowest BCUT2D eigenvalue weighted by Crippen LogP contribution is -1.93. The molecule has 0 aliphatic carbocycles. The maximum atomic E-state index is 12.6. The van der Waals surface area contributed by atoms with Crippen molar-refractivity contribution in [1.29, 1.82) is 0 Å². The van der Waals surface area contributed by atoms with Crippen molar-refractivity contribution in [2.24, 2.45) is 0 Å². The van der Waals surface area contributed by atoms with Crippen LogP contribution in [0.15, 0.2) is 36.4 Å². The number of aldehydes is 1. The van der Waals surface area contributed by atoms with E-state index in [1.54, 1.807) is 6.08 Å². The highest BCUT2D eigenvalue weighted by molar-refractivity contribution is 6.04. The van der Waals surface area contributed by atoms with Gasteiger partial charge in [-0.25, -0.2) is 4.39 Å². The van der Waals surface area contributed by atoms with Gasteiger partial charge in [-0.2, -0.15) is 0 Å². The van der Waals surface area contributed by atoms with Crippen molar-refractivity contribution in [3.8, 4) is 0 Å². The van der Waals surface area contributed by atoms with Crippen LogP contribution in [-0.2, 0) is 4.79 Å². The number of ketones is 1. The van der Waals surface area contributed by atoms with E-state index in [4.69, 9.17) is 0 Å². The molecular formula is C13H13FO2. The number of unbranched alkanes of at least 4 members (excludes halogenated alkanes) is 2. The van der Waals surface area contributed by atoms with Gasteiger partial charge in [-0.15, -0.1) is 0 Å². The molecule has 0 N–H and O–H groups in total. The molecule has 0 aliphatic rings. The van der Waals surface area contributed by atoms with E-state index >= 15 is 0 Å². The third-order valence-electron chi connectivity index (χ3n) is 2.09. The van der Waals surface area contributed by atoms with Crippen molar-refractivity contribution in [3.05, 3.63) is 47.8 Å². The Morgan fingerprint density at radius 1 is 1.19 bits per heavy atom. The summed E-state index contributed by atoms with van der Waals surface area (Å²) in [6.45, 7) is 0. The molecule has 0 unspecified atom stereocenters. The Hall–Kier alpha value is -1.77. The zero-order valence-electron chi connectivity index (χ0n) is 8.86. The second kappa shape index (κ2) is 6.67. The minimum atomic E-state index is -0.355. The largest absolute Gasteiger partial charge is 0.303 e. The molecule has 0 heterocycles. The van der Waals surface area contributed by atoms with Crippen LogP contribution in [0.4, 0.5) is 4.39 Å². The lowest BCUT2D eigenvalue weighted by Gasteiger charge is -1.95. The van der Waals surface area contributed by atoms with Crippen molar-refractivity contribution < 1.29 is 14.0 Å². The molecule has 0 aromatic heterocycles. The van der Waals surface area contributed by atoms with Crippen LogP contribution >= 0.6 is 0 Å². The van der Waals surface area contributed by atoms with Gasteiger partial charge in [-0.1, -0.05) is 6.08 Å². The summed E-state index contributed by atoms with van der Waals surface area (Å²) in [6, 6.07) is 5.42. The Kier molecular flexibility index (Phi) is 5.12. The molecule has 0 atom stereocenters. The van der Waals surface area contributed by atoms with Crippen LogP contribution in [0.25, 0.3) is 0 Å². The molecule has 0 bridgehead atoms. The highest BCUT2D eigenvalue weighted by Crippen LogP contribution is 2.05. The third-order valence-corrected chi connectivity index (χ3v) is 2.09. The summed E-state index contributed by atoms with van der Waals surface area (Å²) in [5.74, 6) is -0.502. The molecule has 1 rings (SSSR count). The smallest absolute Gasteiger partial charge is 0.185 e. The summed E-state index contributed by atoms with van der Waals surface area (Å²) < 4.78 is 12.6. The lowest BCUT2D eigenvalue weighted by molar-refractivity contribution is -0.107. The number of halogens is 1. The molecule has 0 amide bonds. The zero-order chi connectivity index (χ0) is 11.8. The van der Waals surface area contributed by atoms with Crippen LogP contribution in [0.2, 0.25) is 0 Å². The zero-order valence-corrected chi connectivity index (χ0v) is 8.86. The molecule has 1 aromatic rings. The molecule has 16 heavy (non-hydrogen) atoms. The topological polar surface area (TPSA) is 34.1 Å². The van der Waals surface area contributed by atoms with Crippen molar-refractivity contribution in [2.45, 2.75) is 19.3 Å². The summed E-state index contributed by atoms with van der Waals surface area (Å²) in [7, 11) is 0. The second-order valence-electron chi connectivity index (χ2n) is 3.37. The van der Waals surface area contributed by atoms with Gasteiger partial charge in [0.15, 0.2) is 5.78 Å². The Bertz CT molecular complexity index is 379. The van der Waals surface area contributed by atoms with E-state index in [-0.39, 0.29) is 11.6 Å². The van der Waals surface area contributed by atoms with Crippen molar-refractivity contribution in [2.75, 3.05) is 0 Å². The van der Waals surface area contributed by atoms with E-state index in [0.717, 1.165) is 12.7 Å². The predicted molar refractivity (Wildman–Crippen MR) is 59.8 cm³/mol. The molecule has 2 nitrogen and oxygen atoms in total. The maximum absolute atomic E-state index is 12.6. The average Bonchev–Trinajstić information content (AvgIpc) is 2.29. The Labute approximate surface area is 93.8 Å². The first kappa shape index (κ1) is 12.3. The van der Waals surface area contributed by atoms with Gasteiger partial charge in [0.2, 0.25) is 0 Å². The van der Waals surface area contributed by atoms with Crippen molar-refractivity contribution in [3.63, 3.8) is 0 Å². The highest BCUT2D eigenvalue weighted by Gasteiger charge is 2.00. The normalized spacial score (nSPS) is 10.6. The molecule has 0 fully saturated rings. The molecule has 3 heteroatoms. The molecule has 0 saturated carbocycles. The summed E-state index contributed by atoms with van der Waals surface area (Å²) in [5.41, 5.74) is 0.466. The van der Waals surface area contributed by atoms with Gasteiger partial charge in [-0.05, 0) is 43.2 Å². The van der Waals surface area contributed by atoms with E-state index in [1.807, 2.05) is 0 Å². The van der Waals surface area contributed by atoms with Gasteiger partial charge in [0, 0.05) is 12.0 Å². The van der Waals surface area contributed by atoms with E-state index in [0.29, 0.717) is 18.4 Å². The van der Waals surface area contributed by atoms with Gasteiger partial charge in [0.25, 0.3) is 0 Å². The number of rotatable bonds is 6. The fraction of sp³-hybridized carbons (Fsp3) is 0.231. The van der Waals surface area contributed by atoms with Crippen LogP contribution in [0.5, 0.6) is 0 Å². The Balaban J connectivity index is 2.45. The molecule has 0 saturated heterocycles. The SMILES string of the molecule is O=CCCC/C=C/C(=O)c1ccc(F)cc1. The number of allylic oxidation sites excluding steroid dienone is 2. The number of benzene rings is 1. The molecule has 0 spiro atoms. The fourth-order valence-electron chi connectivity index (χ4n) is 1.22. The van der Waals surface area contributed by atoms with E-state index < -0.39 is 0 Å². The van der Waals surface area contributed by atoms with Gasteiger partial charge in [-0.3, -0.25) is 4.79 Å². The minimum Gasteiger partial charge on any atom is -0.303 e. The quantitative estimate of drug-likeness (QED) is 0.319. The first-order valence-corrected chi connectivity index (χ1v) is 5.14. The van der Waals surface area contributed by atoms with Gasteiger partial charge >= 0.3 is 0 Å². The summed E-state index contributed by atoms with van der Waals surface area (Å²) >= 11 is 0. The Morgan fingerprint density at radius 2 is 1.88 bits per heavy atom. The summed E-state index contributed by atoms with van der Waals surface area (Å²) in [4.78, 5) is 21.5. The van der Waals surface area contributed by atoms with Crippen molar-refractivity contribution in [1.82, 2.24) is 0 Å². The third kappa shape index (κ3) is 4.17. The van der Waals surface area contributed by atoms with Gasteiger partial charge < -0.3 is 4.79 Å². The Morgan fingerprint density at radius 3 is 2.50 bits per heavy atom. The predicted octanol–water partition coefficient (Wildman–Crippen LogP) is 2.93. The van der Waals surface area contributed by atoms with Crippen LogP contribution < -0.4 is 0 Å². The lowest BCUT2D eigenvalue weighted by atomic mass is 10.1. The molecule has 0 radical (unpaired) electrons. The standard InChI is InChI=1S/C13H13FO2/c14-12-8-6-11(7-9-12)13(16)5-3-1-2-4-10-15/h3,5-10H,1-2,4H2/b5-3+. The number of carbonyl (C=O) groups excluding carboxylic acids is 2. The summed E-state index contributed by atoms with van der Waals surface area (Å²) in [5, 5.41) is 0. The van der Waals surface area contributed by atoms with Crippen LogP contribution in [-0.4, -0.2) is 12.1 Å². The molecule has 0 aliphatic heterocycles.